The van der Waals surface area contributed by atoms with Crippen molar-refractivity contribution in [2.75, 3.05) is 0 Å². The molecule has 0 heterocycles. The van der Waals surface area contributed by atoms with Crippen LogP contribution in [0.4, 0.5) is 0 Å². The monoisotopic (exact) mass is 424 g/mol. The molecule has 4 aromatic rings. The van der Waals surface area contributed by atoms with Gasteiger partial charge in [-0.3, -0.25) is 0 Å². The summed E-state index contributed by atoms with van der Waals surface area (Å²) in [7, 11) is 0. The Hall–Kier alpha value is -3.64. The van der Waals surface area contributed by atoms with Gasteiger partial charge in [-0.15, -0.1) is 0 Å². The molecule has 4 aromatic carbocycles. The van der Waals surface area contributed by atoms with Gasteiger partial charge in [0.05, 0.1) is 0 Å². The minimum Gasteiger partial charge on any atom is -0.0905 e. The maximum atomic E-state index is 4.47. The number of aryl methyl sites for hydroxylation is 1. The van der Waals surface area contributed by atoms with Crippen LogP contribution in [0.25, 0.3) is 33.4 Å². The summed E-state index contributed by atoms with van der Waals surface area (Å²) < 4.78 is 0. The molecule has 160 valence electrons. The fourth-order valence-electron chi connectivity index (χ4n) is 5.73. The van der Waals surface area contributed by atoms with Gasteiger partial charge in [-0.1, -0.05) is 99.3 Å². The Morgan fingerprint density at radius 1 is 0.576 bits per heavy atom. The number of hydrogen-bond donors (Lipinski definition) is 0. The molecule has 0 bridgehead atoms. The second-order valence-electron chi connectivity index (χ2n) is 9.76. The van der Waals surface area contributed by atoms with Crippen LogP contribution in [0.5, 0.6) is 0 Å². The van der Waals surface area contributed by atoms with Crippen LogP contribution in [0.15, 0.2) is 92.0 Å². The van der Waals surface area contributed by atoms with E-state index in [1.807, 2.05) is 0 Å². The standard InChI is InChI=1S/C33H28/c1-6-33(5,23-12-15-28-26-10-8-7-9-25(26)21(3)31(28)18-23)24-13-16-29-27-14-11-20(2)17-30(27)22(4)32(29)19-24/h7-19H,3-4,6H2,1-2,5H3. The Bertz CT molecular complexity index is 1500. The van der Waals surface area contributed by atoms with Crippen molar-refractivity contribution in [3.05, 3.63) is 131 Å². The zero-order chi connectivity index (χ0) is 22.9. The molecule has 1 unspecified atom stereocenters. The zero-order valence-corrected chi connectivity index (χ0v) is 19.6. The van der Waals surface area contributed by atoms with Crippen molar-refractivity contribution in [1.82, 2.24) is 0 Å². The van der Waals surface area contributed by atoms with Gasteiger partial charge in [0.2, 0.25) is 0 Å². The first-order valence-electron chi connectivity index (χ1n) is 11.8. The summed E-state index contributed by atoms with van der Waals surface area (Å²) in [5.74, 6) is 0. The van der Waals surface area contributed by atoms with Gasteiger partial charge in [0.1, 0.15) is 0 Å². The predicted octanol–water partition coefficient (Wildman–Crippen LogP) is 8.79. The molecule has 6 rings (SSSR count). The van der Waals surface area contributed by atoms with Crippen LogP contribution in [-0.4, -0.2) is 0 Å². The van der Waals surface area contributed by atoms with Crippen molar-refractivity contribution in [2.45, 2.75) is 32.6 Å². The summed E-state index contributed by atoms with van der Waals surface area (Å²) >= 11 is 0. The van der Waals surface area contributed by atoms with Crippen LogP contribution in [0.3, 0.4) is 0 Å². The Labute approximate surface area is 196 Å². The molecule has 0 aliphatic heterocycles. The molecule has 0 heteroatoms. The van der Waals surface area contributed by atoms with Gasteiger partial charge in [-0.05, 0) is 92.3 Å². The summed E-state index contributed by atoms with van der Waals surface area (Å²) in [4.78, 5) is 0. The molecular weight excluding hydrogens is 396 g/mol. The fraction of sp³-hybridized carbons (Fsp3) is 0.152. The Kier molecular flexibility index (Phi) is 4.20. The van der Waals surface area contributed by atoms with Gasteiger partial charge in [0.25, 0.3) is 0 Å². The maximum Gasteiger partial charge on any atom is 0.0172 e. The number of benzene rings is 4. The molecule has 0 amide bonds. The zero-order valence-electron chi connectivity index (χ0n) is 19.6. The highest BCUT2D eigenvalue weighted by molar-refractivity contribution is 6.01. The highest BCUT2D eigenvalue weighted by atomic mass is 14.4. The van der Waals surface area contributed by atoms with Crippen molar-refractivity contribution in [3.63, 3.8) is 0 Å². The molecule has 0 spiro atoms. The molecule has 33 heavy (non-hydrogen) atoms. The molecule has 0 nitrogen and oxygen atoms in total. The lowest BCUT2D eigenvalue weighted by atomic mass is 9.73. The normalized spacial score (nSPS) is 15.0. The lowest BCUT2D eigenvalue weighted by Gasteiger charge is -2.31. The van der Waals surface area contributed by atoms with E-state index in [-0.39, 0.29) is 5.41 Å². The Morgan fingerprint density at radius 3 is 1.61 bits per heavy atom. The SMILES string of the molecule is C=C1c2ccccc2-c2ccc(C(C)(CC)c3ccc4c(c3)C(=C)c3cc(C)ccc3-4)cc21. The van der Waals surface area contributed by atoms with Crippen LogP contribution < -0.4 is 0 Å². The van der Waals surface area contributed by atoms with E-state index in [0.717, 1.165) is 17.6 Å². The first-order chi connectivity index (χ1) is 15.9. The predicted molar refractivity (Wildman–Crippen MR) is 142 cm³/mol. The summed E-state index contributed by atoms with van der Waals surface area (Å²) in [6, 6.07) is 29.3. The van der Waals surface area contributed by atoms with Crippen LogP contribution in [0, 0.1) is 6.92 Å². The van der Waals surface area contributed by atoms with E-state index in [0.29, 0.717) is 0 Å². The van der Waals surface area contributed by atoms with Crippen LogP contribution in [0.1, 0.15) is 59.2 Å². The van der Waals surface area contributed by atoms with Gasteiger partial charge < -0.3 is 0 Å². The largest absolute Gasteiger partial charge is 0.0905 e. The lowest BCUT2D eigenvalue weighted by Crippen LogP contribution is -2.23. The van der Waals surface area contributed by atoms with Crippen molar-refractivity contribution in [2.24, 2.45) is 0 Å². The topological polar surface area (TPSA) is 0 Å². The lowest BCUT2D eigenvalue weighted by molar-refractivity contribution is 0.550. The molecule has 1 atom stereocenters. The van der Waals surface area contributed by atoms with E-state index in [4.69, 9.17) is 0 Å². The average molecular weight is 425 g/mol. The number of hydrogen-bond acceptors (Lipinski definition) is 0. The van der Waals surface area contributed by atoms with E-state index in [2.05, 4.69) is 113 Å². The molecular formula is C33H28. The van der Waals surface area contributed by atoms with Crippen molar-refractivity contribution in [3.8, 4) is 22.3 Å². The van der Waals surface area contributed by atoms with Gasteiger partial charge in [0, 0.05) is 5.41 Å². The van der Waals surface area contributed by atoms with Gasteiger partial charge in [-0.2, -0.15) is 0 Å². The van der Waals surface area contributed by atoms with E-state index in [1.54, 1.807) is 0 Å². The second-order valence-corrected chi connectivity index (χ2v) is 9.76. The summed E-state index contributed by atoms with van der Waals surface area (Å²) in [5.41, 5.74) is 16.4. The highest BCUT2D eigenvalue weighted by Gasteiger charge is 2.32. The Balaban J connectivity index is 1.46. The molecule has 0 saturated heterocycles. The summed E-state index contributed by atoms with van der Waals surface area (Å²) in [6.45, 7) is 15.7. The minimum absolute atomic E-state index is 0.0932. The Morgan fingerprint density at radius 2 is 1.03 bits per heavy atom. The van der Waals surface area contributed by atoms with Gasteiger partial charge in [-0.25, -0.2) is 0 Å². The quantitative estimate of drug-likeness (QED) is 0.266. The van der Waals surface area contributed by atoms with Gasteiger partial charge >= 0.3 is 0 Å². The molecule has 0 aromatic heterocycles. The van der Waals surface area contributed by atoms with E-state index in [9.17, 15) is 0 Å². The van der Waals surface area contributed by atoms with Gasteiger partial charge in [0.15, 0.2) is 0 Å². The third kappa shape index (κ3) is 2.70. The smallest absolute Gasteiger partial charge is 0.0172 e. The fourth-order valence-corrected chi connectivity index (χ4v) is 5.73. The van der Waals surface area contributed by atoms with Crippen molar-refractivity contribution >= 4 is 11.1 Å². The third-order valence-electron chi connectivity index (χ3n) is 8.00. The van der Waals surface area contributed by atoms with Crippen LogP contribution >= 0.6 is 0 Å². The first-order valence-corrected chi connectivity index (χ1v) is 11.8. The van der Waals surface area contributed by atoms with Crippen LogP contribution in [-0.2, 0) is 5.41 Å². The third-order valence-corrected chi connectivity index (χ3v) is 8.00. The average Bonchev–Trinajstić information content (AvgIpc) is 3.29. The van der Waals surface area contributed by atoms with E-state index in [1.165, 1.54) is 61.2 Å². The van der Waals surface area contributed by atoms with E-state index >= 15 is 0 Å². The maximum absolute atomic E-state index is 4.47. The second kappa shape index (κ2) is 6.93. The molecule has 2 aliphatic carbocycles. The molecule has 0 radical (unpaired) electrons. The summed E-state index contributed by atoms with van der Waals surface area (Å²) in [5, 5.41) is 0. The summed E-state index contributed by atoms with van der Waals surface area (Å²) in [6.07, 6.45) is 1.02. The van der Waals surface area contributed by atoms with Crippen LogP contribution in [0.2, 0.25) is 0 Å². The molecule has 2 aliphatic rings. The molecule has 0 fully saturated rings. The van der Waals surface area contributed by atoms with Crippen molar-refractivity contribution < 1.29 is 0 Å². The molecule has 0 N–H and O–H groups in total. The number of rotatable bonds is 3. The first kappa shape index (κ1) is 20.0. The van der Waals surface area contributed by atoms with Crippen molar-refractivity contribution in [1.29, 1.82) is 0 Å². The molecule has 0 saturated carbocycles. The van der Waals surface area contributed by atoms with E-state index < -0.39 is 0 Å². The highest BCUT2D eigenvalue weighted by Crippen LogP contribution is 2.48. The number of fused-ring (bicyclic) bond motifs is 6. The minimum atomic E-state index is -0.0932.